The number of amides is 1. The van der Waals surface area contributed by atoms with E-state index in [4.69, 9.17) is 16.0 Å². The zero-order valence-corrected chi connectivity index (χ0v) is 13.0. The van der Waals surface area contributed by atoms with Gasteiger partial charge >= 0.3 is 5.76 Å². The van der Waals surface area contributed by atoms with Crippen molar-refractivity contribution in [2.24, 2.45) is 0 Å². The average molecular weight is 348 g/mol. The highest BCUT2D eigenvalue weighted by atomic mass is 35.5. The topological polar surface area (TPSA) is 77.1 Å². The fraction of sp³-hybridized carbons (Fsp3) is 0.0625. The molecule has 8 heteroatoms. The van der Waals surface area contributed by atoms with Gasteiger partial charge in [-0.25, -0.2) is 9.18 Å². The van der Waals surface area contributed by atoms with E-state index in [0.717, 1.165) is 4.68 Å². The number of halogens is 2. The van der Waals surface area contributed by atoms with E-state index < -0.39 is 17.5 Å². The molecule has 6 nitrogen and oxygen atoms in total. The van der Waals surface area contributed by atoms with Gasteiger partial charge in [0.05, 0.1) is 0 Å². The summed E-state index contributed by atoms with van der Waals surface area (Å²) >= 11 is 5.77. The minimum atomic E-state index is -0.777. The minimum Gasteiger partial charge on any atom is -0.388 e. The van der Waals surface area contributed by atoms with Gasteiger partial charge in [-0.15, -0.1) is 5.10 Å². The number of carbonyl (C=O) groups excluding carboxylic acids is 1. The molecule has 3 rings (SSSR count). The fourth-order valence-electron chi connectivity index (χ4n) is 1.99. The number of hydrogen-bond acceptors (Lipinski definition) is 4. The molecule has 122 valence electrons. The summed E-state index contributed by atoms with van der Waals surface area (Å²) in [5.74, 6) is -1.62. The molecular weight excluding hydrogens is 337 g/mol. The van der Waals surface area contributed by atoms with E-state index in [9.17, 15) is 14.0 Å². The van der Waals surface area contributed by atoms with Gasteiger partial charge in [0.2, 0.25) is 11.8 Å². The second-order valence-corrected chi connectivity index (χ2v) is 5.33. The van der Waals surface area contributed by atoms with Crippen LogP contribution in [0.3, 0.4) is 0 Å². The van der Waals surface area contributed by atoms with Gasteiger partial charge in [-0.3, -0.25) is 4.79 Å². The first-order valence-corrected chi connectivity index (χ1v) is 7.28. The molecule has 0 saturated heterocycles. The molecule has 0 radical (unpaired) electrons. The SMILES string of the molecule is O=C(Cn1nc(-c2ccc(F)cc2)oc1=O)Nc1ccc(Cl)cc1. The maximum absolute atomic E-state index is 12.9. The number of rotatable bonds is 4. The number of carbonyl (C=O) groups is 1. The van der Waals surface area contributed by atoms with Crippen molar-refractivity contribution in [3.05, 3.63) is 69.9 Å². The second kappa shape index (κ2) is 6.67. The molecule has 2 aromatic carbocycles. The molecule has 24 heavy (non-hydrogen) atoms. The highest BCUT2D eigenvalue weighted by Gasteiger charge is 2.13. The molecule has 0 aliphatic rings. The number of nitrogens with zero attached hydrogens (tertiary/aromatic N) is 2. The van der Waals surface area contributed by atoms with Gasteiger partial charge in [0.15, 0.2) is 0 Å². The highest BCUT2D eigenvalue weighted by Crippen LogP contribution is 2.16. The maximum atomic E-state index is 12.9. The van der Waals surface area contributed by atoms with Crippen molar-refractivity contribution in [3.8, 4) is 11.5 Å². The Morgan fingerprint density at radius 2 is 1.83 bits per heavy atom. The normalized spacial score (nSPS) is 10.6. The van der Waals surface area contributed by atoms with Crippen molar-refractivity contribution < 1.29 is 13.6 Å². The fourth-order valence-corrected chi connectivity index (χ4v) is 2.11. The molecule has 0 aliphatic carbocycles. The summed E-state index contributed by atoms with van der Waals surface area (Å²) in [6.07, 6.45) is 0. The van der Waals surface area contributed by atoms with E-state index in [2.05, 4.69) is 10.4 Å². The Balaban J connectivity index is 1.73. The molecule has 0 aliphatic heterocycles. The van der Waals surface area contributed by atoms with Crippen LogP contribution in [-0.2, 0) is 11.3 Å². The Morgan fingerprint density at radius 1 is 1.17 bits per heavy atom. The summed E-state index contributed by atoms with van der Waals surface area (Å²) in [5, 5.41) is 7.10. The molecule has 0 unspecified atom stereocenters. The molecule has 0 fully saturated rings. The lowest BCUT2D eigenvalue weighted by Crippen LogP contribution is -2.25. The molecule has 1 N–H and O–H groups in total. The summed E-state index contributed by atoms with van der Waals surface area (Å²) in [4.78, 5) is 23.7. The van der Waals surface area contributed by atoms with Crippen LogP contribution < -0.4 is 11.1 Å². The molecule has 1 heterocycles. The third-order valence-electron chi connectivity index (χ3n) is 3.12. The lowest BCUT2D eigenvalue weighted by Gasteiger charge is -2.04. The van der Waals surface area contributed by atoms with Crippen LogP contribution in [0.4, 0.5) is 10.1 Å². The molecule has 3 aromatic rings. The standard InChI is InChI=1S/C16H11ClFN3O3/c17-11-3-7-13(8-4-11)19-14(22)9-21-16(23)24-15(20-21)10-1-5-12(18)6-2-10/h1-8H,9H2,(H,19,22). The van der Waals surface area contributed by atoms with E-state index in [-0.39, 0.29) is 12.4 Å². The Morgan fingerprint density at radius 3 is 2.50 bits per heavy atom. The molecule has 1 amide bonds. The van der Waals surface area contributed by atoms with Gasteiger partial charge < -0.3 is 9.73 Å². The zero-order chi connectivity index (χ0) is 17.1. The van der Waals surface area contributed by atoms with Gasteiger partial charge in [0, 0.05) is 16.3 Å². The van der Waals surface area contributed by atoms with Gasteiger partial charge in [0.25, 0.3) is 0 Å². The van der Waals surface area contributed by atoms with E-state index in [1.54, 1.807) is 24.3 Å². The van der Waals surface area contributed by atoms with Gasteiger partial charge in [-0.1, -0.05) is 11.6 Å². The number of nitrogens with one attached hydrogen (secondary N) is 1. The van der Waals surface area contributed by atoms with Crippen LogP contribution in [0, 0.1) is 5.82 Å². The zero-order valence-electron chi connectivity index (χ0n) is 12.2. The average Bonchev–Trinajstić information content (AvgIpc) is 2.91. The Labute approximate surface area is 140 Å². The maximum Gasteiger partial charge on any atom is 0.437 e. The van der Waals surface area contributed by atoms with Crippen LogP contribution in [0.15, 0.2) is 57.7 Å². The lowest BCUT2D eigenvalue weighted by molar-refractivity contribution is -0.117. The molecular formula is C16H11ClFN3O3. The number of benzene rings is 2. The second-order valence-electron chi connectivity index (χ2n) is 4.89. The van der Waals surface area contributed by atoms with Crippen LogP contribution in [0.1, 0.15) is 0 Å². The van der Waals surface area contributed by atoms with Crippen LogP contribution >= 0.6 is 11.6 Å². The quantitative estimate of drug-likeness (QED) is 0.787. The number of hydrogen-bond donors (Lipinski definition) is 1. The first-order valence-electron chi connectivity index (χ1n) is 6.90. The van der Waals surface area contributed by atoms with E-state index >= 15 is 0 Å². The summed E-state index contributed by atoms with van der Waals surface area (Å²) in [6, 6.07) is 11.8. The first kappa shape index (κ1) is 15.9. The molecule has 0 spiro atoms. The Bertz CT molecular complexity index is 917. The minimum absolute atomic E-state index is 0.0132. The Kier molecular flexibility index (Phi) is 4.43. The van der Waals surface area contributed by atoms with Gasteiger partial charge in [0.1, 0.15) is 12.4 Å². The lowest BCUT2D eigenvalue weighted by atomic mass is 10.2. The molecule has 1 aromatic heterocycles. The van der Waals surface area contributed by atoms with E-state index in [0.29, 0.717) is 16.3 Å². The predicted octanol–water partition coefficient (Wildman–Crippen LogP) is 2.93. The summed E-state index contributed by atoms with van der Waals surface area (Å²) in [7, 11) is 0. The van der Waals surface area contributed by atoms with E-state index in [1.807, 2.05) is 0 Å². The van der Waals surface area contributed by atoms with Crippen LogP contribution in [-0.4, -0.2) is 15.7 Å². The van der Waals surface area contributed by atoms with Crippen molar-refractivity contribution in [1.29, 1.82) is 0 Å². The predicted molar refractivity (Wildman–Crippen MR) is 86.2 cm³/mol. The summed E-state index contributed by atoms with van der Waals surface area (Å²) in [6.45, 7) is -0.313. The third kappa shape index (κ3) is 3.69. The molecule has 0 saturated carbocycles. The largest absolute Gasteiger partial charge is 0.437 e. The van der Waals surface area contributed by atoms with Crippen molar-refractivity contribution in [3.63, 3.8) is 0 Å². The van der Waals surface area contributed by atoms with Crippen LogP contribution in [0.25, 0.3) is 11.5 Å². The molecule has 0 bridgehead atoms. The van der Waals surface area contributed by atoms with Crippen LogP contribution in [0.2, 0.25) is 5.02 Å². The monoisotopic (exact) mass is 347 g/mol. The van der Waals surface area contributed by atoms with Gasteiger partial charge in [-0.2, -0.15) is 4.68 Å². The smallest absolute Gasteiger partial charge is 0.388 e. The van der Waals surface area contributed by atoms with Crippen molar-refractivity contribution in [2.75, 3.05) is 5.32 Å². The third-order valence-corrected chi connectivity index (χ3v) is 3.37. The van der Waals surface area contributed by atoms with Crippen molar-refractivity contribution >= 4 is 23.2 Å². The summed E-state index contributed by atoms with van der Waals surface area (Å²) in [5.41, 5.74) is 0.977. The van der Waals surface area contributed by atoms with Crippen LogP contribution in [0.5, 0.6) is 0 Å². The van der Waals surface area contributed by atoms with E-state index in [1.165, 1.54) is 24.3 Å². The number of aromatic nitrogens is 2. The summed E-state index contributed by atoms with van der Waals surface area (Å²) < 4.78 is 18.8. The molecule has 0 atom stereocenters. The van der Waals surface area contributed by atoms with Crippen molar-refractivity contribution in [2.45, 2.75) is 6.54 Å². The first-order chi connectivity index (χ1) is 11.5. The van der Waals surface area contributed by atoms with Crippen molar-refractivity contribution in [1.82, 2.24) is 9.78 Å². The Hall–Kier alpha value is -2.93. The number of anilines is 1. The van der Waals surface area contributed by atoms with Gasteiger partial charge in [-0.05, 0) is 48.5 Å². The highest BCUT2D eigenvalue weighted by molar-refractivity contribution is 6.30.